The molecule has 0 aliphatic rings. The molecule has 0 aliphatic heterocycles. The van der Waals surface area contributed by atoms with Crippen LogP contribution in [0.25, 0.3) is 0 Å². The second-order valence-corrected chi connectivity index (χ2v) is 2.68. The van der Waals surface area contributed by atoms with Crippen LogP contribution in [0.3, 0.4) is 0 Å². The van der Waals surface area contributed by atoms with Crippen LogP contribution in [0, 0.1) is 6.92 Å². The standard InChI is InChI=1S/C7H7ClN2O2/c1-3-6(8)4(7(11)12)2-5(9)10-3/h2H,1H3,(H2,9,10)(H,11,12). The summed E-state index contributed by atoms with van der Waals surface area (Å²) in [5.74, 6) is -0.938. The lowest BCUT2D eigenvalue weighted by Gasteiger charge is -2.02. The van der Waals surface area contributed by atoms with Crippen molar-refractivity contribution in [2.75, 3.05) is 5.73 Å². The largest absolute Gasteiger partial charge is 0.478 e. The molecule has 12 heavy (non-hydrogen) atoms. The van der Waals surface area contributed by atoms with E-state index in [4.69, 9.17) is 22.4 Å². The Balaban J connectivity index is 3.37. The summed E-state index contributed by atoms with van der Waals surface area (Å²) in [5, 5.41) is 8.78. The summed E-state index contributed by atoms with van der Waals surface area (Å²) in [6.07, 6.45) is 0. The van der Waals surface area contributed by atoms with E-state index in [1.54, 1.807) is 6.92 Å². The third-order valence-corrected chi connectivity index (χ3v) is 1.85. The number of aromatic carboxylic acids is 1. The van der Waals surface area contributed by atoms with Crippen LogP contribution in [0.5, 0.6) is 0 Å². The Bertz CT molecular complexity index is 338. The lowest BCUT2D eigenvalue weighted by Crippen LogP contribution is -2.03. The number of nitrogens with zero attached hydrogens (tertiary/aromatic N) is 1. The van der Waals surface area contributed by atoms with Gasteiger partial charge in [0.2, 0.25) is 0 Å². The maximum atomic E-state index is 10.6. The highest BCUT2D eigenvalue weighted by molar-refractivity contribution is 6.34. The molecule has 0 amide bonds. The van der Waals surface area contributed by atoms with Crippen molar-refractivity contribution in [3.8, 4) is 0 Å². The van der Waals surface area contributed by atoms with Gasteiger partial charge in [-0.1, -0.05) is 11.6 Å². The van der Waals surface area contributed by atoms with Gasteiger partial charge in [0.05, 0.1) is 16.3 Å². The highest BCUT2D eigenvalue weighted by Gasteiger charge is 2.12. The predicted molar refractivity (Wildman–Crippen MR) is 45.4 cm³/mol. The van der Waals surface area contributed by atoms with Gasteiger partial charge in [0, 0.05) is 0 Å². The molecule has 5 heteroatoms. The number of nitrogens with two attached hydrogens (primary N) is 1. The zero-order valence-electron chi connectivity index (χ0n) is 6.34. The van der Waals surface area contributed by atoms with Crippen LogP contribution in [0.2, 0.25) is 5.02 Å². The van der Waals surface area contributed by atoms with E-state index in [1.807, 2.05) is 0 Å². The molecule has 3 N–H and O–H groups in total. The number of carboxylic acids is 1. The zero-order chi connectivity index (χ0) is 9.30. The van der Waals surface area contributed by atoms with Gasteiger partial charge < -0.3 is 10.8 Å². The van der Waals surface area contributed by atoms with E-state index in [1.165, 1.54) is 6.07 Å². The maximum absolute atomic E-state index is 10.6. The monoisotopic (exact) mass is 186 g/mol. The normalized spacial score (nSPS) is 9.83. The molecule has 0 unspecified atom stereocenters. The molecule has 0 radical (unpaired) electrons. The van der Waals surface area contributed by atoms with Crippen molar-refractivity contribution in [1.29, 1.82) is 0 Å². The van der Waals surface area contributed by atoms with Crippen LogP contribution in [0.1, 0.15) is 16.1 Å². The van der Waals surface area contributed by atoms with Crippen molar-refractivity contribution < 1.29 is 9.90 Å². The van der Waals surface area contributed by atoms with Gasteiger partial charge in [-0.25, -0.2) is 9.78 Å². The quantitative estimate of drug-likeness (QED) is 0.694. The van der Waals surface area contributed by atoms with Crippen molar-refractivity contribution in [3.63, 3.8) is 0 Å². The second-order valence-electron chi connectivity index (χ2n) is 2.30. The number of carboxylic acid groups (broad SMARTS) is 1. The summed E-state index contributed by atoms with van der Waals surface area (Å²) in [4.78, 5) is 14.4. The average molecular weight is 187 g/mol. The average Bonchev–Trinajstić information content (AvgIpc) is 1.96. The molecule has 1 heterocycles. The molecule has 0 saturated heterocycles. The topological polar surface area (TPSA) is 76.2 Å². The fourth-order valence-electron chi connectivity index (χ4n) is 0.837. The van der Waals surface area contributed by atoms with Gasteiger partial charge in [-0.3, -0.25) is 0 Å². The Morgan fingerprint density at radius 3 is 2.83 bits per heavy atom. The molecule has 4 nitrogen and oxygen atoms in total. The van der Waals surface area contributed by atoms with Crippen LogP contribution >= 0.6 is 11.6 Å². The predicted octanol–water partition coefficient (Wildman–Crippen LogP) is 1.32. The number of aryl methyl sites for hydroxylation is 1. The van der Waals surface area contributed by atoms with E-state index in [2.05, 4.69) is 4.98 Å². The third kappa shape index (κ3) is 1.48. The molecule has 0 fully saturated rings. The molecule has 0 bridgehead atoms. The number of carbonyl (C=O) groups is 1. The summed E-state index contributed by atoms with van der Waals surface area (Å²) in [6.45, 7) is 1.60. The maximum Gasteiger partial charge on any atom is 0.337 e. The Kier molecular flexibility index (Phi) is 2.19. The van der Waals surface area contributed by atoms with Gasteiger partial charge in [0.1, 0.15) is 5.82 Å². The molecule has 0 aliphatic carbocycles. The molecular weight excluding hydrogens is 180 g/mol. The van der Waals surface area contributed by atoms with Crippen LogP contribution < -0.4 is 5.73 Å². The van der Waals surface area contributed by atoms with Gasteiger partial charge >= 0.3 is 5.97 Å². The first-order chi connectivity index (χ1) is 5.52. The Morgan fingerprint density at radius 2 is 2.33 bits per heavy atom. The zero-order valence-corrected chi connectivity index (χ0v) is 7.09. The summed E-state index contributed by atoms with van der Waals surface area (Å²) >= 11 is 5.66. The van der Waals surface area contributed by atoms with Crippen molar-refractivity contribution in [2.24, 2.45) is 0 Å². The van der Waals surface area contributed by atoms with E-state index in [0.29, 0.717) is 5.69 Å². The van der Waals surface area contributed by atoms with E-state index in [-0.39, 0.29) is 16.4 Å². The highest BCUT2D eigenvalue weighted by Crippen LogP contribution is 2.20. The molecule has 1 rings (SSSR count). The first kappa shape index (κ1) is 8.80. The number of halogens is 1. The SMILES string of the molecule is Cc1nc(N)cc(C(=O)O)c1Cl. The minimum Gasteiger partial charge on any atom is -0.478 e. The Morgan fingerprint density at radius 1 is 1.75 bits per heavy atom. The smallest absolute Gasteiger partial charge is 0.337 e. The lowest BCUT2D eigenvalue weighted by molar-refractivity contribution is 0.0697. The molecule has 0 atom stereocenters. The minimum absolute atomic E-state index is 0.0123. The first-order valence-corrected chi connectivity index (χ1v) is 3.56. The van der Waals surface area contributed by atoms with Crippen molar-refractivity contribution in [2.45, 2.75) is 6.92 Å². The van der Waals surface area contributed by atoms with Gasteiger partial charge in [0.25, 0.3) is 0 Å². The number of hydrogen-bond donors (Lipinski definition) is 2. The minimum atomic E-state index is -1.10. The Labute approximate surface area is 74.0 Å². The van der Waals surface area contributed by atoms with Crippen LogP contribution in [0.4, 0.5) is 5.82 Å². The lowest BCUT2D eigenvalue weighted by atomic mass is 10.2. The fourth-order valence-corrected chi connectivity index (χ4v) is 1.01. The van der Waals surface area contributed by atoms with Crippen LogP contribution in [-0.2, 0) is 0 Å². The third-order valence-electron chi connectivity index (χ3n) is 1.37. The molecule has 0 aromatic carbocycles. The van der Waals surface area contributed by atoms with Gasteiger partial charge in [-0.05, 0) is 13.0 Å². The Hall–Kier alpha value is -1.29. The number of hydrogen-bond acceptors (Lipinski definition) is 3. The number of pyridine rings is 1. The van der Waals surface area contributed by atoms with Crippen molar-refractivity contribution in [1.82, 2.24) is 4.98 Å². The number of aromatic nitrogens is 1. The van der Waals surface area contributed by atoms with E-state index in [9.17, 15) is 4.79 Å². The molecule has 1 aromatic rings. The van der Waals surface area contributed by atoms with E-state index in [0.717, 1.165) is 0 Å². The van der Waals surface area contributed by atoms with Crippen molar-refractivity contribution >= 4 is 23.4 Å². The molecule has 0 spiro atoms. The summed E-state index contributed by atoms with van der Waals surface area (Å²) in [6, 6.07) is 1.23. The fraction of sp³-hybridized carbons (Fsp3) is 0.143. The first-order valence-electron chi connectivity index (χ1n) is 3.18. The highest BCUT2D eigenvalue weighted by atomic mass is 35.5. The molecular formula is C7H7ClN2O2. The summed E-state index contributed by atoms with van der Waals surface area (Å²) < 4.78 is 0. The second kappa shape index (κ2) is 2.98. The summed E-state index contributed by atoms with van der Waals surface area (Å²) in [7, 11) is 0. The van der Waals surface area contributed by atoms with Gasteiger partial charge in [-0.2, -0.15) is 0 Å². The van der Waals surface area contributed by atoms with Crippen molar-refractivity contribution in [3.05, 3.63) is 22.3 Å². The number of anilines is 1. The van der Waals surface area contributed by atoms with Gasteiger partial charge in [-0.15, -0.1) is 0 Å². The molecule has 64 valence electrons. The van der Waals surface area contributed by atoms with Crippen LogP contribution in [0.15, 0.2) is 6.07 Å². The molecule has 1 aromatic heterocycles. The van der Waals surface area contributed by atoms with Gasteiger partial charge in [0.15, 0.2) is 0 Å². The number of nitrogen functional groups attached to an aromatic ring is 1. The van der Waals surface area contributed by atoms with E-state index >= 15 is 0 Å². The van der Waals surface area contributed by atoms with Crippen LogP contribution in [-0.4, -0.2) is 16.1 Å². The molecule has 0 saturated carbocycles. The summed E-state index contributed by atoms with van der Waals surface area (Å²) in [5.41, 5.74) is 5.75. The number of rotatable bonds is 1. The van der Waals surface area contributed by atoms with E-state index < -0.39 is 5.97 Å².